The predicted molar refractivity (Wildman–Crippen MR) is 109 cm³/mol. The second-order valence-corrected chi connectivity index (χ2v) is 6.84. The Hall–Kier alpha value is -3.63. The van der Waals surface area contributed by atoms with Gasteiger partial charge in [-0.2, -0.15) is 28.2 Å². The van der Waals surface area contributed by atoms with E-state index in [1.165, 1.54) is 24.3 Å². The molecule has 0 fully saturated rings. The zero-order chi connectivity index (χ0) is 23.3. The van der Waals surface area contributed by atoms with Crippen LogP contribution in [-0.2, 0) is 6.18 Å². The minimum absolute atomic E-state index is 0.0410. The second-order valence-electron chi connectivity index (χ2n) is 6.84. The molecule has 0 aliphatic rings. The lowest BCUT2D eigenvalue weighted by molar-refractivity contribution is -0.137. The number of hydrogen-bond donors (Lipinski definition) is 0. The predicted octanol–water partition coefficient (Wildman–Crippen LogP) is 3.62. The van der Waals surface area contributed by atoms with Gasteiger partial charge in [0, 0.05) is 24.9 Å². The van der Waals surface area contributed by atoms with Crippen molar-refractivity contribution in [2.75, 3.05) is 20.3 Å². The Morgan fingerprint density at radius 1 is 1.19 bits per heavy atom. The van der Waals surface area contributed by atoms with Gasteiger partial charge in [-0.1, -0.05) is 0 Å². The van der Waals surface area contributed by atoms with E-state index in [4.69, 9.17) is 9.47 Å². The fourth-order valence-electron chi connectivity index (χ4n) is 3.06. The van der Waals surface area contributed by atoms with Crippen molar-refractivity contribution in [3.8, 4) is 17.3 Å². The molecule has 11 heteroatoms. The molecule has 1 unspecified atom stereocenters. The molecule has 8 nitrogen and oxygen atoms in total. The van der Waals surface area contributed by atoms with Crippen LogP contribution in [0.1, 0.15) is 29.8 Å². The fraction of sp³-hybridized carbons (Fsp3) is 0.333. The summed E-state index contributed by atoms with van der Waals surface area (Å²) in [5.74, 6) is 0.305. The van der Waals surface area contributed by atoms with Crippen LogP contribution in [0.5, 0.6) is 11.6 Å². The van der Waals surface area contributed by atoms with Crippen LogP contribution in [0.4, 0.5) is 13.2 Å². The van der Waals surface area contributed by atoms with E-state index in [0.29, 0.717) is 29.7 Å². The Morgan fingerprint density at radius 3 is 2.47 bits per heavy atom. The zero-order valence-electron chi connectivity index (χ0n) is 17.7. The SMILES string of the molecule is CCN(C(=O)c1ccc(OC)cc1-n1nccn1)C(C)COc1ccc(C(F)(F)F)cn1. The van der Waals surface area contributed by atoms with Crippen molar-refractivity contribution in [2.24, 2.45) is 0 Å². The Bertz CT molecular complexity index is 1040. The van der Waals surface area contributed by atoms with Gasteiger partial charge in [0.15, 0.2) is 0 Å². The number of methoxy groups -OCH3 is 1. The number of carbonyl (C=O) groups is 1. The fourth-order valence-corrected chi connectivity index (χ4v) is 3.06. The molecule has 0 saturated heterocycles. The van der Waals surface area contributed by atoms with Crippen LogP contribution < -0.4 is 9.47 Å². The van der Waals surface area contributed by atoms with Gasteiger partial charge in [-0.15, -0.1) is 0 Å². The molecule has 0 aliphatic heterocycles. The van der Waals surface area contributed by atoms with E-state index in [9.17, 15) is 18.0 Å². The van der Waals surface area contributed by atoms with Crippen molar-refractivity contribution in [3.05, 3.63) is 60.0 Å². The first-order chi connectivity index (χ1) is 15.2. The molecule has 1 atom stereocenters. The molecule has 0 N–H and O–H groups in total. The van der Waals surface area contributed by atoms with E-state index >= 15 is 0 Å². The molecule has 0 spiro atoms. The first-order valence-electron chi connectivity index (χ1n) is 9.76. The van der Waals surface area contributed by atoms with Gasteiger partial charge in [0.2, 0.25) is 5.88 Å². The maximum atomic E-state index is 13.3. The third-order valence-corrected chi connectivity index (χ3v) is 4.74. The van der Waals surface area contributed by atoms with Gasteiger partial charge < -0.3 is 14.4 Å². The van der Waals surface area contributed by atoms with E-state index in [2.05, 4.69) is 15.2 Å². The zero-order valence-corrected chi connectivity index (χ0v) is 17.7. The normalized spacial score (nSPS) is 12.3. The van der Waals surface area contributed by atoms with Crippen LogP contribution >= 0.6 is 0 Å². The summed E-state index contributed by atoms with van der Waals surface area (Å²) >= 11 is 0. The van der Waals surface area contributed by atoms with E-state index in [-0.39, 0.29) is 18.4 Å². The van der Waals surface area contributed by atoms with E-state index in [1.807, 2.05) is 6.92 Å². The van der Waals surface area contributed by atoms with Gasteiger partial charge in [0.05, 0.1) is 36.7 Å². The quantitative estimate of drug-likeness (QED) is 0.523. The lowest BCUT2D eigenvalue weighted by atomic mass is 10.1. The molecule has 170 valence electrons. The van der Waals surface area contributed by atoms with Gasteiger partial charge in [0.25, 0.3) is 5.91 Å². The number of halogens is 3. The molecule has 2 heterocycles. The summed E-state index contributed by atoms with van der Waals surface area (Å²) in [5, 5.41) is 8.20. The van der Waals surface area contributed by atoms with Crippen molar-refractivity contribution in [1.82, 2.24) is 24.9 Å². The highest BCUT2D eigenvalue weighted by atomic mass is 19.4. The molecular weight excluding hydrogens is 427 g/mol. The van der Waals surface area contributed by atoms with Gasteiger partial charge >= 0.3 is 6.18 Å². The number of alkyl halides is 3. The molecule has 1 aromatic carbocycles. The molecule has 0 saturated carbocycles. The standard InChI is InChI=1S/C21H22F3N5O3/c1-4-28(14(2)13-32-19-8-5-15(12-25-19)21(22,23)24)20(30)17-7-6-16(31-3)11-18(17)29-26-9-10-27-29/h5-12,14H,4,13H2,1-3H3. The monoisotopic (exact) mass is 449 g/mol. The van der Waals surface area contributed by atoms with Crippen LogP contribution in [-0.4, -0.2) is 57.1 Å². The summed E-state index contributed by atoms with van der Waals surface area (Å²) in [6.45, 7) is 4.02. The van der Waals surface area contributed by atoms with E-state index < -0.39 is 17.8 Å². The average molecular weight is 449 g/mol. The Balaban J connectivity index is 1.76. The van der Waals surface area contributed by atoms with Crippen LogP contribution in [0.3, 0.4) is 0 Å². The molecule has 0 bridgehead atoms. The van der Waals surface area contributed by atoms with Gasteiger partial charge in [-0.05, 0) is 32.0 Å². The van der Waals surface area contributed by atoms with Gasteiger partial charge in [0.1, 0.15) is 18.0 Å². The molecule has 0 radical (unpaired) electrons. The first-order valence-corrected chi connectivity index (χ1v) is 9.76. The molecule has 3 rings (SSSR count). The van der Waals surface area contributed by atoms with Crippen LogP contribution in [0.25, 0.3) is 5.69 Å². The van der Waals surface area contributed by atoms with Crippen LogP contribution in [0, 0.1) is 0 Å². The van der Waals surface area contributed by atoms with Crippen molar-refractivity contribution >= 4 is 5.91 Å². The molecule has 3 aromatic rings. The summed E-state index contributed by atoms with van der Waals surface area (Å²) in [5.41, 5.74) is -0.0405. The maximum absolute atomic E-state index is 13.3. The summed E-state index contributed by atoms with van der Waals surface area (Å²) in [4.78, 5) is 19.9. The average Bonchev–Trinajstić information content (AvgIpc) is 3.32. The number of carbonyl (C=O) groups excluding carboxylic acids is 1. The van der Waals surface area contributed by atoms with Gasteiger partial charge in [-0.3, -0.25) is 4.79 Å². The van der Waals surface area contributed by atoms with Gasteiger partial charge in [-0.25, -0.2) is 4.98 Å². The highest BCUT2D eigenvalue weighted by Gasteiger charge is 2.31. The number of ether oxygens (including phenoxy) is 2. The molecule has 1 amide bonds. The number of likely N-dealkylation sites (N-methyl/N-ethyl adjacent to an activating group) is 1. The minimum Gasteiger partial charge on any atom is -0.497 e. The molecule has 32 heavy (non-hydrogen) atoms. The summed E-state index contributed by atoms with van der Waals surface area (Å²) < 4.78 is 48.8. The summed E-state index contributed by atoms with van der Waals surface area (Å²) in [6.07, 6.45) is -0.759. The highest BCUT2D eigenvalue weighted by Crippen LogP contribution is 2.29. The Labute approximate surface area is 182 Å². The third-order valence-electron chi connectivity index (χ3n) is 4.74. The minimum atomic E-state index is -4.47. The third kappa shape index (κ3) is 5.16. The number of nitrogens with zero attached hydrogens (tertiary/aromatic N) is 5. The number of pyridine rings is 1. The Kier molecular flexibility index (Phi) is 6.96. The van der Waals surface area contributed by atoms with E-state index in [1.54, 1.807) is 30.0 Å². The molecule has 0 aliphatic carbocycles. The first kappa shape index (κ1) is 23.0. The maximum Gasteiger partial charge on any atom is 0.417 e. The number of rotatable bonds is 8. The van der Waals surface area contributed by atoms with Crippen molar-refractivity contribution < 1.29 is 27.4 Å². The summed E-state index contributed by atoms with van der Waals surface area (Å²) in [7, 11) is 1.52. The largest absolute Gasteiger partial charge is 0.497 e. The summed E-state index contributed by atoms with van der Waals surface area (Å²) in [6, 6.07) is 6.62. The smallest absolute Gasteiger partial charge is 0.417 e. The lowest BCUT2D eigenvalue weighted by Gasteiger charge is -2.28. The number of hydrogen-bond acceptors (Lipinski definition) is 6. The van der Waals surface area contributed by atoms with Crippen molar-refractivity contribution in [1.29, 1.82) is 0 Å². The van der Waals surface area contributed by atoms with Crippen molar-refractivity contribution in [3.63, 3.8) is 0 Å². The number of amides is 1. The molecule has 2 aromatic heterocycles. The second kappa shape index (κ2) is 9.67. The van der Waals surface area contributed by atoms with Crippen LogP contribution in [0.15, 0.2) is 48.9 Å². The lowest BCUT2D eigenvalue weighted by Crippen LogP contribution is -2.42. The topological polar surface area (TPSA) is 82.4 Å². The number of aromatic nitrogens is 4. The molecular formula is C21H22F3N5O3. The van der Waals surface area contributed by atoms with E-state index in [0.717, 1.165) is 12.1 Å². The van der Waals surface area contributed by atoms with Crippen molar-refractivity contribution in [2.45, 2.75) is 26.1 Å². The van der Waals surface area contributed by atoms with Crippen LogP contribution in [0.2, 0.25) is 0 Å². The number of benzene rings is 1. The highest BCUT2D eigenvalue weighted by molar-refractivity contribution is 5.98. The Morgan fingerprint density at radius 2 is 1.91 bits per heavy atom.